The number of thiazole rings is 1. The number of benzene rings is 2. The van der Waals surface area contributed by atoms with Crippen molar-refractivity contribution >= 4 is 32.6 Å². The maximum atomic E-state index is 13.4. The van der Waals surface area contributed by atoms with Crippen LogP contribution in [0.4, 0.5) is 5.13 Å². The number of anilines is 1. The summed E-state index contributed by atoms with van der Waals surface area (Å²) >= 11 is 1.51. The fourth-order valence-electron chi connectivity index (χ4n) is 3.44. The fraction of sp³-hybridized carbons (Fsp3) is 0.292. The number of hydrogen-bond acceptors (Lipinski definition) is 5. The quantitative estimate of drug-likeness (QED) is 0.400. The van der Waals surface area contributed by atoms with Crippen LogP contribution in [0, 0.1) is 13.8 Å². The van der Waals surface area contributed by atoms with E-state index in [9.17, 15) is 4.79 Å². The minimum atomic E-state index is 0.0208. The molecular formula is C24H26N4O2S. The van der Waals surface area contributed by atoms with Gasteiger partial charge >= 0.3 is 0 Å². The van der Waals surface area contributed by atoms with Gasteiger partial charge in [-0.1, -0.05) is 35.6 Å². The molecule has 4 rings (SSSR count). The van der Waals surface area contributed by atoms with E-state index in [2.05, 4.69) is 31.1 Å². The number of ether oxygens (including phenoxy) is 1. The lowest BCUT2D eigenvalue weighted by Crippen LogP contribution is -2.35. The first-order chi connectivity index (χ1) is 15.0. The van der Waals surface area contributed by atoms with Gasteiger partial charge in [0.1, 0.15) is 11.3 Å². The highest BCUT2D eigenvalue weighted by molar-refractivity contribution is 7.22. The van der Waals surface area contributed by atoms with Crippen LogP contribution in [0.2, 0.25) is 0 Å². The van der Waals surface area contributed by atoms with Gasteiger partial charge < -0.3 is 4.74 Å². The van der Waals surface area contributed by atoms with Crippen molar-refractivity contribution in [1.29, 1.82) is 0 Å². The second kappa shape index (κ2) is 9.31. The Morgan fingerprint density at radius 3 is 2.77 bits per heavy atom. The molecule has 2 heterocycles. The van der Waals surface area contributed by atoms with Crippen molar-refractivity contribution in [3.8, 4) is 5.75 Å². The van der Waals surface area contributed by atoms with E-state index in [1.807, 2.05) is 48.1 Å². The highest BCUT2D eigenvalue weighted by Gasteiger charge is 2.21. The van der Waals surface area contributed by atoms with E-state index < -0.39 is 0 Å². The van der Waals surface area contributed by atoms with Gasteiger partial charge in [-0.25, -0.2) is 4.98 Å². The molecule has 0 radical (unpaired) electrons. The van der Waals surface area contributed by atoms with E-state index in [0.29, 0.717) is 31.2 Å². The van der Waals surface area contributed by atoms with Crippen LogP contribution in [0.1, 0.15) is 23.6 Å². The molecular weight excluding hydrogens is 408 g/mol. The first kappa shape index (κ1) is 21.1. The van der Waals surface area contributed by atoms with E-state index in [0.717, 1.165) is 21.5 Å². The zero-order valence-corrected chi connectivity index (χ0v) is 18.9. The van der Waals surface area contributed by atoms with Gasteiger partial charge in [0.15, 0.2) is 5.13 Å². The lowest BCUT2D eigenvalue weighted by molar-refractivity contribution is -0.118. The van der Waals surface area contributed by atoms with E-state index in [1.54, 1.807) is 11.1 Å². The molecule has 7 heteroatoms. The third-order valence-corrected chi connectivity index (χ3v) is 6.28. The Morgan fingerprint density at radius 2 is 2.03 bits per heavy atom. The number of para-hydroxylation sites is 1. The van der Waals surface area contributed by atoms with Gasteiger partial charge in [-0.3, -0.25) is 14.4 Å². The number of amides is 1. The number of nitrogens with zero attached hydrogens (tertiary/aromatic N) is 4. The summed E-state index contributed by atoms with van der Waals surface area (Å²) in [5, 5.41) is 4.95. The molecule has 0 fully saturated rings. The van der Waals surface area contributed by atoms with E-state index in [4.69, 9.17) is 9.72 Å². The molecule has 0 saturated heterocycles. The zero-order chi connectivity index (χ0) is 21.8. The molecule has 0 unspecified atom stereocenters. The van der Waals surface area contributed by atoms with Crippen LogP contribution < -0.4 is 9.64 Å². The Labute approximate surface area is 186 Å². The Morgan fingerprint density at radius 1 is 1.16 bits per heavy atom. The van der Waals surface area contributed by atoms with Gasteiger partial charge in [0.05, 0.1) is 24.3 Å². The summed E-state index contributed by atoms with van der Waals surface area (Å²) in [5.41, 5.74) is 4.22. The molecule has 2 aromatic heterocycles. The molecule has 31 heavy (non-hydrogen) atoms. The number of hydrogen-bond donors (Lipinski definition) is 0. The van der Waals surface area contributed by atoms with Gasteiger partial charge in [0.2, 0.25) is 5.91 Å². The van der Waals surface area contributed by atoms with E-state index in [-0.39, 0.29) is 5.91 Å². The maximum Gasteiger partial charge on any atom is 0.233 e. The van der Waals surface area contributed by atoms with Crippen molar-refractivity contribution in [3.63, 3.8) is 0 Å². The summed E-state index contributed by atoms with van der Waals surface area (Å²) in [7, 11) is 0. The Kier molecular flexibility index (Phi) is 6.32. The summed E-state index contributed by atoms with van der Waals surface area (Å²) in [6.07, 6.45) is 3.97. The second-order valence-electron chi connectivity index (χ2n) is 7.44. The number of fused-ring (bicyclic) bond motifs is 1. The van der Waals surface area contributed by atoms with Crippen molar-refractivity contribution in [2.24, 2.45) is 0 Å². The van der Waals surface area contributed by atoms with Crippen LogP contribution in [0.15, 0.2) is 54.9 Å². The average molecular weight is 435 g/mol. The van der Waals surface area contributed by atoms with Crippen LogP contribution in [0.5, 0.6) is 5.75 Å². The van der Waals surface area contributed by atoms with Crippen molar-refractivity contribution in [3.05, 3.63) is 71.5 Å². The minimum absolute atomic E-state index is 0.0208. The maximum absolute atomic E-state index is 13.4. The van der Waals surface area contributed by atoms with Crippen molar-refractivity contribution in [2.75, 3.05) is 18.1 Å². The van der Waals surface area contributed by atoms with Crippen molar-refractivity contribution < 1.29 is 9.53 Å². The van der Waals surface area contributed by atoms with Gasteiger partial charge in [0, 0.05) is 18.9 Å². The highest BCUT2D eigenvalue weighted by Crippen LogP contribution is 2.34. The number of aryl methyl sites for hydroxylation is 2. The third-order valence-electron chi connectivity index (χ3n) is 5.24. The molecule has 2 aromatic carbocycles. The summed E-state index contributed by atoms with van der Waals surface area (Å²) in [6, 6.07) is 14.0. The predicted octanol–water partition coefficient (Wildman–Crippen LogP) is 4.78. The molecule has 0 spiro atoms. The zero-order valence-electron chi connectivity index (χ0n) is 18.0. The van der Waals surface area contributed by atoms with Crippen molar-refractivity contribution in [1.82, 2.24) is 14.8 Å². The minimum Gasteiger partial charge on any atom is -0.492 e. The van der Waals surface area contributed by atoms with Crippen LogP contribution in [0.25, 0.3) is 10.2 Å². The molecule has 4 aromatic rings. The molecule has 6 nitrogen and oxygen atoms in total. The first-order valence-electron chi connectivity index (χ1n) is 10.4. The number of aromatic nitrogens is 3. The molecule has 160 valence electrons. The SMILES string of the molecule is CCOc1cccc2sc(N(CCn3cccn3)C(=O)Cc3ccc(C)c(C)c3)nc12. The molecule has 0 bridgehead atoms. The monoisotopic (exact) mass is 434 g/mol. The number of carbonyl (C=O) groups excluding carboxylic acids is 1. The summed E-state index contributed by atoms with van der Waals surface area (Å²) < 4.78 is 8.57. The smallest absolute Gasteiger partial charge is 0.233 e. The Bertz CT molecular complexity index is 1180. The first-order valence-corrected chi connectivity index (χ1v) is 11.2. The number of carbonyl (C=O) groups is 1. The molecule has 0 N–H and O–H groups in total. The molecule has 0 atom stereocenters. The Balaban J connectivity index is 1.64. The predicted molar refractivity (Wildman–Crippen MR) is 125 cm³/mol. The van der Waals surface area contributed by atoms with E-state index >= 15 is 0 Å². The molecule has 0 aliphatic heterocycles. The molecule has 0 saturated carbocycles. The van der Waals surface area contributed by atoms with Crippen LogP contribution >= 0.6 is 11.3 Å². The third kappa shape index (κ3) is 4.77. The molecule has 1 amide bonds. The van der Waals surface area contributed by atoms with Crippen LogP contribution in [0.3, 0.4) is 0 Å². The Hall–Kier alpha value is -3.19. The van der Waals surface area contributed by atoms with Gasteiger partial charge in [0.25, 0.3) is 0 Å². The topological polar surface area (TPSA) is 60.2 Å². The largest absolute Gasteiger partial charge is 0.492 e. The number of rotatable bonds is 8. The molecule has 0 aliphatic rings. The van der Waals surface area contributed by atoms with Crippen LogP contribution in [-0.2, 0) is 17.8 Å². The fourth-order valence-corrected chi connectivity index (χ4v) is 4.47. The van der Waals surface area contributed by atoms with E-state index in [1.165, 1.54) is 22.5 Å². The normalized spacial score (nSPS) is 11.1. The van der Waals surface area contributed by atoms with Gasteiger partial charge in [-0.15, -0.1) is 0 Å². The average Bonchev–Trinajstić information content (AvgIpc) is 3.41. The van der Waals surface area contributed by atoms with Gasteiger partial charge in [-0.2, -0.15) is 5.10 Å². The summed E-state index contributed by atoms with van der Waals surface area (Å²) in [5.74, 6) is 0.767. The summed E-state index contributed by atoms with van der Waals surface area (Å²) in [6.45, 7) is 7.77. The highest BCUT2D eigenvalue weighted by atomic mass is 32.1. The standard InChI is InChI=1S/C24H26N4O2S/c1-4-30-20-7-5-8-21-23(20)26-24(31-21)28(14-13-27-12-6-11-25-27)22(29)16-19-10-9-17(2)18(3)15-19/h5-12,15H,4,13-14,16H2,1-3H3. The van der Waals surface area contributed by atoms with Crippen LogP contribution in [-0.4, -0.2) is 33.8 Å². The second-order valence-corrected chi connectivity index (χ2v) is 8.45. The lowest BCUT2D eigenvalue weighted by atomic mass is 10.0. The molecule has 0 aliphatic carbocycles. The van der Waals surface area contributed by atoms with Gasteiger partial charge in [-0.05, 0) is 55.7 Å². The van der Waals surface area contributed by atoms with Crippen molar-refractivity contribution in [2.45, 2.75) is 33.7 Å². The summed E-state index contributed by atoms with van der Waals surface area (Å²) in [4.78, 5) is 20.0. The lowest BCUT2D eigenvalue weighted by Gasteiger charge is -2.20.